The summed E-state index contributed by atoms with van der Waals surface area (Å²) in [6.07, 6.45) is 3.83. The highest BCUT2D eigenvalue weighted by Crippen LogP contribution is 2.35. The van der Waals surface area contributed by atoms with E-state index in [2.05, 4.69) is 24.7 Å². The molecular formula is C22H33N5O5Si. The summed E-state index contributed by atoms with van der Waals surface area (Å²) in [7, 11) is 0.421. The maximum atomic E-state index is 11.8. The van der Waals surface area contributed by atoms with Gasteiger partial charge in [0.25, 0.3) is 5.69 Å². The monoisotopic (exact) mass is 475 g/mol. The number of hydrogen-bond acceptors (Lipinski definition) is 6. The molecule has 33 heavy (non-hydrogen) atoms. The average molecular weight is 476 g/mol. The quantitative estimate of drug-likeness (QED) is 0.248. The molecule has 1 amide bonds. The van der Waals surface area contributed by atoms with Crippen LogP contribution in [0.4, 0.5) is 16.2 Å². The van der Waals surface area contributed by atoms with Gasteiger partial charge in [-0.15, -0.1) is 0 Å². The van der Waals surface area contributed by atoms with Crippen LogP contribution in [-0.4, -0.2) is 71.7 Å². The van der Waals surface area contributed by atoms with Crippen molar-refractivity contribution >= 4 is 25.5 Å². The van der Waals surface area contributed by atoms with Gasteiger partial charge in [0.05, 0.1) is 11.1 Å². The molecule has 3 rings (SSSR count). The van der Waals surface area contributed by atoms with Crippen molar-refractivity contribution < 1.29 is 19.6 Å². The Morgan fingerprint density at radius 1 is 1.30 bits per heavy atom. The molecule has 11 heteroatoms. The number of aromatic nitrogens is 2. The lowest BCUT2D eigenvalue weighted by Gasteiger charge is -2.36. The Hall–Kier alpha value is -2.92. The SMILES string of the molecule is CN(C(=O)O)C1CCN(c2ccc(-c3cnn(COCC[Si](C)(C)C)c3)cc2[N+](=O)[O-])CC1. The van der Waals surface area contributed by atoms with Gasteiger partial charge in [-0.05, 0) is 30.5 Å². The fourth-order valence-electron chi connectivity index (χ4n) is 3.89. The summed E-state index contributed by atoms with van der Waals surface area (Å²) in [6.45, 7) is 9.08. The molecule has 2 heterocycles. The minimum atomic E-state index is -1.15. The molecule has 1 N–H and O–H groups in total. The Morgan fingerprint density at radius 2 is 2.00 bits per heavy atom. The molecule has 0 bridgehead atoms. The number of hydrogen-bond donors (Lipinski definition) is 1. The van der Waals surface area contributed by atoms with Crippen LogP contribution in [0.15, 0.2) is 30.6 Å². The Balaban J connectivity index is 1.68. The molecule has 1 aromatic carbocycles. The Kier molecular flexibility index (Phi) is 7.75. The van der Waals surface area contributed by atoms with Gasteiger partial charge in [-0.2, -0.15) is 5.10 Å². The number of rotatable bonds is 9. The number of anilines is 1. The molecule has 0 saturated carbocycles. The second-order valence-corrected chi connectivity index (χ2v) is 15.3. The summed E-state index contributed by atoms with van der Waals surface area (Å²) in [4.78, 5) is 25.9. The number of ether oxygens (including phenoxy) is 1. The van der Waals surface area contributed by atoms with Crippen LogP contribution in [-0.2, 0) is 11.5 Å². The first-order valence-corrected chi connectivity index (χ1v) is 14.9. The lowest BCUT2D eigenvalue weighted by Crippen LogP contribution is -2.45. The van der Waals surface area contributed by atoms with Gasteiger partial charge in [-0.3, -0.25) is 10.1 Å². The first kappa shape index (κ1) is 24.7. The van der Waals surface area contributed by atoms with Crippen LogP contribution >= 0.6 is 0 Å². The minimum absolute atomic E-state index is 0.0386. The summed E-state index contributed by atoms with van der Waals surface area (Å²) < 4.78 is 7.42. The first-order chi connectivity index (χ1) is 15.5. The second-order valence-electron chi connectivity index (χ2n) is 9.69. The fourth-order valence-corrected chi connectivity index (χ4v) is 4.64. The van der Waals surface area contributed by atoms with Crippen LogP contribution in [0.5, 0.6) is 0 Å². The Labute approximate surface area is 194 Å². The normalized spacial score (nSPS) is 15.0. The van der Waals surface area contributed by atoms with E-state index in [-0.39, 0.29) is 16.7 Å². The molecule has 0 atom stereocenters. The zero-order valence-electron chi connectivity index (χ0n) is 19.7. The van der Waals surface area contributed by atoms with Crippen LogP contribution in [0.1, 0.15) is 12.8 Å². The van der Waals surface area contributed by atoms with Crippen LogP contribution in [0.3, 0.4) is 0 Å². The maximum absolute atomic E-state index is 11.8. The van der Waals surface area contributed by atoms with Crippen LogP contribution < -0.4 is 4.90 Å². The number of nitrogens with zero attached hydrogens (tertiary/aromatic N) is 5. The summed E-state index contributed by atoms with van der Waals surface area (Å²) >= 11 is 0. The van der Waals surface area contributed by atoms with E-state index in [1.165, 1.54) is 4.90 Å². The van der Waals surface area contributed by atoms with Gasteiger partial charge < -0.3 is 19.6 Å². The number of nitro benzene ring substituents is 1. The van der Waals surface area contributed by atoms with E-state index in [9.17, 15) is 20.0 Å². The molecule has 0 spiro atoms. The number of piperidine rings is 1. The summed E-state index contributed by atoms with van der Waals surface area (Å²) in [5.41, 5.74) is 2.11. The molecule has 1 aliphatic rings. The van der Waals surface area contributed by atoms with Crippen molar-refractivity contribution in [2.24, 2.45) is 0 Å². The first-order valence-electron chi connectivity index (χ1n) is 11.1. The van der Waals surface area contributed by atoms with Crippen LogP contribution in [0.2, 0.25) is 25.7 Å². The third kappa shape index (κ3) is 6.54. The van der Waals surface area contributed by atoms with E-state index in [0.717, 1.165) is 17.2 Å². The van der Waals surface area contributed by atoms with Gasteiger partial charge in [0.2, 0.25) is 0 Å². The van der Waals surface area contributed by atoms with Gasteiger partial charge >= 0.3 is 6.09 Å². The van der Waals surface area contributed by atoms with Gasteiger partial charge in [0.1, 0.15) is 12.4 Å². The molecule has 0 aliphatic carbocycles. The van der Waals surface area contributed by atoms with Gasteiger partial charge in [0.15, 0.2) is 0 Å². The van der Waals surface area contributed by atoms with Crippen molar-refractivity contribution in [3.05, 3.63) is 40.7 Å². The highest BCUT2D eigenvalue weighted by atomic mass is 28.3. The minimum Gasteiger partial charge on any atom is -0.465 e. The summed E-state index contributed by atoms with van der Waals surface area (Å²) in [6, 6.07) is 6.23. The molecule has 0 unspecified atom stereocenters. The van der Waals surface area contributed by atoms with Gasteiger partial charge in [-0.25, -0.2) is 9.48 Å². The Morgan fingerprint density at radius 3 is 2.61 bits per heavy atom. The van der Waals surface area contributed by atoms with Crippen molar-refractivity contribution in [1.82, 2.24) is 14.7 Å². The number of amides is 1. The lowest BCUT2D eigenvalue weighted by molar-refractivity contribution is -0.384. The van der Waals surface area contributed by atoms with E-state index in [4.69, 9.17) is 4.74 Å². The molecule has 180 valence electrons. The molecule has 1 fully saturated rings. The molecule has 0 radical (unpaired) electrons. The van der Waals surface area contributed by atoms with Gasteiger partial charge in [-0.1, -0.05) is 25.7 Å². The number of carboxylic acid groups (broad SMARTS) is 1. The molecule has 1 saturated heterocycles. The van der Waals surface area contributed by atoms with Gasteiger partial charge in [0, 0.05) is 58.7 Å². The predicted molar refractivity (Wildman–Crippen MR) is 129 cm³/mol. The van der Waals surface area contributed by atoms with E-state index in [1.54, 1.807) is 30.1 Å². The fraction of sp³-hybridized carbons (Fsp3) is 0.545. The number of benzene rings is 1. The molecule has 1 aromatic heterocycles. The molecular weight excluding hydrogens is 442 g/mol. The number of carbonyl (C=O) groups is 1. The smallest absolute Gasteiger partial charge is 0.407 e. The van der Waals surface area contributed by atoms with Crippen LogP contribution in [0, 0.1) is 10.1 Å². The zero-order chi connectivity index (χ0) is 24.2. The largest absolute Gasteiger partial charge is 0.465 e. The van der Waals surface area contributed by atoms with Crippen molar-refractivity contribution in [2.45, 2.75) is 51.3 Å². The van der Waals surface area contributed by atoms with E-state index >= 15 is 0 Å². The summed E-state index contributed by atoms with van der Waals surface area (Å²) in [5, 5.41) is 25.3. The average Bonchev–Trinajstić information content (AvgIpc) is 3.24. The highest BCUT2D eigenvalue weighted by molar-refractivity contribution is 6.76. The van der Waals surface area contributed by atoms with E-state index in [0.29, 0.717) is 45.0 Å². The second kappa shape index (κ2) is 10.3. The third-order valence-electron chi connectivity index (χ3n) is 6.01. The Bertz CT molecular complexity index is 982. The zero-order valence-corrected chi connectivity index (χ0v) is 20.7. The standard InChI is InChI=1S/C22H33N5O5Si/c1-24(22(28)29)19-7-9-25(10-8-19)20-6-5-17(13-21(20)27(30)31)18-14-23-26(15-18)16-32-11-12-33(2,3)4/h5-6,13-15,19H,7-12,16H2,1-4H3,(H,28,29). The maximum Gasteiger partial charge on any atom is 0.407 e. The van der Waals surface area contributed by atoms with Crippen molar-refractivity contribution in [3.63, 3.8) is 0 Å². The molecule has 1 aliphatic heterocycles. The molecule has 10 nitrogen and oxygen atoms in total. The third-order valence-corrected chi connectivity index (χ3v) is 7.72. The van der Waals surface area contributed by atoms with Crippen molar-refractivity contribution in [3.8, 4) is 11.1 Å². The highest BCUT2D eigenvalue weighted by Gasteiger charge is 2.28. The van der Waals surface area contributed by atoms with Crippen molar-refractivity contribution in [1.29, 1.82) is 0 Å². The molecule has 2 aromatic rings. The topological polar surface area (TPSA) is 114 Å². The van der Waals surface area contributed by atoms with Crippen LogP contribution in [0.25, 0.3) is 11.1 Å². The van der Waals surface area contributed by atoms with E-state index < -0.39 is 14.2 Å². The lowest BCUT2D eigenvalue weighted by atomic mass is 10.0. The number of nitro groups is 1. The van der Waals surface area contributed by atoms with E-state index in [1.807, 2.05) is 17.2 Å². The summed E-state index contributed by atoms with van der Waals surface area (Å²) in [5.74, 6) is 0. The van der Waals surface area contributed by atoms with Crippen molar-refractivity contribution in [2.75, 3.05) is 31.6 Å². The predicted octanol–water partition coefficient (Wildman–Crippen LogP) is 4.35.